The zero-order valence-corrected chi connectivity index (χ0v) is 13.2. The van der Waals surface area contributed by atoms with Crippen molar-refractivity contribution in [1.82, 2.24) is 5.32 Å². The third-order valence-corrected chi connectivity index (χ3v) is 4.62. The van der Waals surface area contributed by atoms with Gasteiger partial charge in [0.15, 0.2) is 0 Å². The van der Waals surface area contributed by atoms with Crippen molar-refractivity contribution < 1.29 is 4.74 Å². The third-order valence-electron chi connectivity index (χ3n) is 4.62. The summed E-state index contributed by atoms with van der Waals surface area (Å²) < 4.78 is 5.27. The molecule has 1 saturated carbocycles. The number of methoxy groups -OCH3 is 1. The first-order chi connectivity index (χ1) is 10.2. The molecule has 0 unspecified atom stereocenters. The Labute approximate surface area is 128 Å². The van der Waals surface area contributed by atoms with Crippen molar-refractivity contribution in [3.8, 4) is 11.8 Å². The molecule has 114 valence electrons. The minimum Gasteiger partial charge on any atom is -0.495 e. The molecular weight excluding hydrogens is 260 g/mol. The molecule has 0 aromatic heterocycles. The summed E-state index contributed by atoms with van der Waals surface area (Å²) in [4.78, 5) is 0. The number of rotatable bonds is 5. The minimum atomic E-state index is 0.546. The second kappa shape index (κ2) is 8.05. The Morgan fingerprint density at radius 3 is 2.62 bits per heavy atom. The molecule has 1 fully saturated rings. The van der Waals surface area contributed by atoms with Crippen LogP contribution in [0, 0.1) is 17.2 Å². The van der Waals surface area contributed by atoms with Gasteiger partial charge in [-0.25, -0.2) is 0 Å². The summed E-state index contributed by atoms with van der Waals surface area (Å²) in [7, 11) is 1.61. The van der Waals surface area contributed by atoms with Gasteiger partial charge in [0.2, 0.25) is 0 Å². The second-order valence-electron chi connectivity index (χ2n) is 6.07. The average molecular weight is 286 g/mol. The van der Waals surface area contributed by atoms with Gasteiger partial charge in [-0.2, -0.15) is 5.26 Å². The SMILES string of the molecule is COc1cc(CN[C@@H](C)C2CCCCCC2)ccc1C#N. The van der Waals surface area contributed by atoms with Gasteiger partial charge in [-0.15, -0.1) is 0 Å². The predicted octanol–water partition coefficient (Wildman–Crippen LogP) is 4.02. The molecule has 3 nitrogen and oxygen atoms in total. The first-order valence-corrected chi connectivity index (χ1v) is 8.05. The van der Waals surface area contributed by atoms with Crippen LogP contribution in [-0.4, -0.2) is 13.2 Å². The van der Waals surface area contributed by atoms with E-state index in [2.05, 4.69) is 18.3 Å². The number of hydrogen-bond donors (Lipinski definition) is 1. The van der Waals surface area contributed by atoms with Crippen molar-refractivity contribution in [2.45, 2.75) is 58.0 Å². The van der Waals surface area contributed by atoms with Gasteiger partial charge in [-0.05, 0) is 43.4 Å². The van der Waals surface area contributed by atoms with Crippen LogP contribution >= 0.6 is 0 Å². The Hall–Kier alpha value is -1.53. The van der Waals surface area contributed by atoms with E-state index in [9.17, 15) is 0 Å². The Kier molecular flexibility index (Phi) is 6.07. The van der Waals surface area contributed by atoms with Crippen molar-refractivity contribution in [1.29, 1.82) is 5.26 Å². The fourth-order valence-corrected chi connectivity index (χ4v) is 3.19. The van der Waals surface area contributed by atoms with E-state index in [1.165, 1.54) is 44.1 Å². The van der Waals surface area contributed by atoms with Gasteiger partial charge in [-0.1, -0.05) is 31.7 Å². The minimum absolute atomic E-state index is 0.546. The topological polar surface area (TPSA) is 45.0 Å². The summed E-state index contributed by atoms with van der Waals surface area (Å²) in [6, 6.07) is 8.51. The zero-order valence-electron chi connectivity index (χ0n) is 13.2. The van der Waals surface area contributed by atoms with E-state index in [1.54, 1.807) is 7.11 Å². The summed E-state index contributed by atoms with van der Waals surface area (Å²) in [6.07, 6.45) is 8.25. The van der Waals surface area contributed by atoms with Gasteiger partial charge in [-0.3, -0.25) is 0 Å². The van der Waals surface area contributed by atoms with Gasteiger partial charge >= 0.3 is 0 Å². The molecule has 1 aliphatic rings. The maximum Gasteiger partial charge on any atom is 0.136 e. The molecule has 2 rings (SSSR count). The summed E-state index contributed by atoms with van der Waals surface area (Å²) in [5.41, 5.74) is 1.77. The fourth-order valence-electron chi connectivity index (χ4n) is 3.19. The fraction of sp³-hybridized carbons (Fsp3) is 0.611. The lowest BCUT2D eigenvalue weighted by atomic mass is 9.93. The average Bonchev–Trinajstić information content (AvgIpc) is 2.81. The number of ether oxygens (including phenoxy) is 1. The van der Waals surface area contributed by atoms with E-state index >= 15 is 0 Å². The van der Waals surface area contributed by atoms with E-state index in [4.69, 9.17) is 10.00 Å². The molecule has 3 heteroatoms. The first-order valence-electron chi connectivity index (χ1n) is 8.05. The summed E-state index contributed by atoms with van der Waals surface area (Å²) in [6.45, 7) is 3.14. The smallest absolute Gasteiger partial charge is 0.136 e. The largest absolute Gasteiger partial charge is 0.495 e. The highest BCUT2D eigenvalue weighted by Gasteiger charge is 2.18. The Bertz CT molecular complexity index is 484. The van der Waals surface area contributed by atoms with Crippen LogP contribution in [0.3, 0.4) is 0 Å². The molecule has 0 heterocycles. The molecule has 0 bridgehead atoms. The molecule has 0 amide bonds. The highest BCUT2D eigenvalue weighted by atomic mass is 16.5. The second-order valence-corrected chi connectivity index (χ2v) is 6.07. The standard InChI is InChI=1S/C18H26N2O/c1-14(16-7-5-3-4-6-8-16)20-13-15-9-10-17(12-19)18(11-15)21-2/h9-11,14,16,20H,3-8,13H2,1-2H3/t14-/m0/s1. The molecule has 0 radical (unpaired) electrons. The third kappa shape index (κ3) is 4.47. The van der Waals surface area contributed by atoms with Crippen molar-refractivity contribution in [3.05, 3.63) is 29.3 Å². The van der Waals surface area contributed by atoms with Crippen LogP contribution in [-0.2, 0) is 6.54 Å². The lowest BCUT2D eigenvalue weighted by Gasteiger charge is -2.23. The zero-order chi connectivity index (χ0) is 15.1. The maximum absolute atomic E-state index is 9.01. The van der Waals surface area contributed by atoms with Gasteiger partial charge in [0, 0.05) is 12.6 Å². The number of hydrogen-bond acceptors (Lipinski definition) is 3. The first kappa shape index (κ1) is 15.9. The quantitative estimate of drug-likeness (QED) is 0.832. The van der Waals surface area contributed by atoms with E-state index in [0.29, 0.717) is 17.4 Å². The van der Waals surface area contributed by atoms with Crippen molar-refractivity contribution in [2.24, 2.45) is 5.92 Å². The van der Waals surface area contributed by atoms with Crippen LogP contribution in [0.15, 0.2) is 18.2 Å². The molecule has 1 atom stereocenters. The predicted molar refractivity (Wildman–Crippen MR) is 85.2 cm³/mol. The number of nitriles is 1. The van der Waals surface area contributed by atoms with Crippen molar-refractivity contribution in [2.75, 3.05) is 7.11 Å². The van der Waals surface area contributed by atoms with Gasteiger partial charge in [0.1, 0.15) is 11.8 Å². The molecule has 21 heavy (non-hydrogen) atoms. The van der Waals surface area contributed by atoms with Crippen LogP contribution in [0.5, 0.6) is 5.75 Å². The molecule has 1 N–H and O–H groups in total. The summed E-state index contributed by atoms with van der Waals surface area (Å²) in [5, 5.41) is 12.7. The molecule has 0 saturated heterocycles. The van der Waals surface area contributed by atoms with Crippen LogP contribution in [0.4, 0.5) is 0 Å². The molecule has 0 spiro atoms. The highest BCUT2D eigenvalue weighted by Crippen LogP contribution is 2.26. The van der Waals surface area contributed by atoms with Gasteiger partial charge in [0.05, 0.1) is 12.7 Å². The van der Waals surface area contributed by atoms with E-state index in [0.717, 1.165) is 12.5 Å². The number of benzene rings is 1. The van der Waals surface area contributed by atoms with Crippen LogP contribution < -0.4 is 10.1 Å². The normalized spacial score (nSPS) is 17.8. The Morgan fingerprint density at radius 2 is 2.00 bits per heavy atom. The summed E-state index contributed by atoms with van der Waals surface area (Å²) in [5.74, 6) is 1.46. The number of nitrogens with one attached hydrogen (secondary N) is 1. The van der Waals surface area contributed by atoms with E-state index in [-0.39, 0.29) is 0 Å². The highest BCUT2D eigenvalue weighted by molar-refractivity contribution is 5.45. The van der Waals surface area contributed by atoms with Gasteiger partial charge in [0.25, 0.3) is 0 Å². The van der Waals surface area contributed by atoms with Crippen LogP contribution in [0.25, 0.3) is 0 Å². The van der Waals surface area contributed by atoms with Crippen molar-refractivity contribution in [3.63, 3.8) is 0 Å². The van der Waals surface area contributed by atoms with Crippen LogP contribution in [0.2, 0.25) is 0 Å². The lowest BCUT2D eigenvalue weighted by Crippen LogP contribution is -2.32. The number of nitrogens with zero attached hydrogens (tertiary/aromatic N) is 1. The monoisotopic (exact) mass is 286 g/mol. The van der Waals surface area contributed by atoms with Crippen LogP contribution in [0.1, 0.15) is 56.6 Å². The lowest BCUT2D eigenvalue weighted by molar-refractivity contribution is 0.336. The van der Waals surface area contributed by atoms with Gasteiger partial charge < -0.3 is 10.1 Å². The Morgan fingerprint density at radius 1 is 1.29 bits per heavy atom. The van der Waals surface area contributed by atoms with E-state index < -0.39 is 0 Å². The maximum atomic E-state index is 9.01. The summed E-state index contributed by atoms with van der Waals surface area (Å²) >= 11 is 0. The molecule has 1 aromatic rings. The molecule has 1 aliphatic carbocycles. The molecule has 0 aliphatic heterocycles. The Balaban J connectivity index is 1.91. The molecule has 1 aromatic carbocycles. The van der Waals surface area contributed by atoms with Crippen molar-refractivity contribution >= 4 is 0 Å². The molecular formula is C18H26N2O. The van der Waals surface area contributed by atoms with E-state index in [1.807, 2.05) is 18.2 Å².